The maximum atomic E-state index is 12.0. The Balaban J connectivity index is 2.77. The molecule has 0 spiro atoms. The molecule has 1 aromatic rings. The zero-order valence-electron chi connectivity index (χ0n) is 9.88. The summed E-state index contributed by atoms with van der Waals surface area (Å²) in [5.74, 6) is -0.0587. The van der Waals surface area contributed by atoms with E-state index in [4.69, 9.17) is 0 Å². The van der Waals surface area contributed by atoms with E-state index in [2.05, 4.69) is 26.2 Å². The predicted octanol–water partition coefficient (Wildman–Crippen LogP) is 2.68. The van der Waals surface area contributed by atoms with Crippen LogP contribution in [0, 0.1) is 6.92 Å². The third-order valence-electron chi connectivity index (χ3n) is 2.42. The van der Waals surface area contributed by atoms with Crippen molar-refractivity contribution in [3.8, 4) is 0 Å². The fourth-order valence-electron chi connectivity index (χ4n) is 1.40. The zero-order valence-corrected chi connectivity index (χ0v) is 11.5. The van der Waals surface area contributed by atoms with Gasteiger partial charge in [-0.15, -0.1) is 0 Å². The Morgan fingerprint density at radius 1 is 1.56 bits per heavy atom. The molecule has 3 nitrogen and oxygen atoms in total. The number of carbonyl (C=O) groups excluding carboxylic acids is 1. The van der Waals surface area contributed by atoms with E-state index < -0.39 is 0 Å². The van der Waals surface area contributed by atoms with Crippen molar-refractivity contribution in [1.29, 1.82) is 0 Å². The van der Waals surface area contributed by atoms with Crippen LogP contribution in [-0.4, -0.2) is 21.8 Å². The van der Waals surface area contributed by atoms with Gasteiger partial charge in [0.15, 0.2) is 0 Å². The standard InChI is InChI=1S/C12H17BrN2O/c1-9-10(5-4-8-14-9)11(16)15-12(2,3)6-7-13/h4-5,8H,6-7H2,1-3H3,(H,15,16). The number of pyridine rings is 1. The summed E-state index contributed by atoms with van der Waals surface area (Å²) in [7, 11) is 0. The summed E-state index contributed by atoms with van der Waals surface area (Å²) in [5, 5.41) is 3.87. The van der Waals surface area contributed by atoms with E-state index in [0.29, 0.717) is 5.56 Å². The van der Waals surface area contributed by atoms with Crippen molar-refractivity contribution in [1.82, 2.24) is 10.3 Å². The highest BCUT2D eigenvalue weighted by molar-refractivity contribution is 9.09. The lowest BCUT2D eigenvalue weighted by Gasteiger charge is -2.25. The first kappa shape index (κ1) is 13.2. The summed E-state index contributed by atoms with van der Waals surface area (Å²) in [5.41, 5.74) is 1.20. The third kappa shape index (κ3) is 3.59. The number of nitrogens with zero attached hydrogens (tertiary/aromatic N) is 1. The molecule has 0 bridgehead atoms. The van der Waals surface area contributed by atoms with E-state index in [-0.39, 0.29) is 11.4 Å². The molecule has 1 heterocycles. The molecule has 0 saturated heterocycles. The molecule has 1 aromatic heterocycles. The number of nitrogens with one attached hydrogen (secondary N) is 1. The summed E-state index contributed by atoms with van der Waals surface area (Å²) in [6.45, 7) is 5.86. The maximum absolute atomic E-state index is 12.0. The molecule has 16 heavy (non-hydrogen) atoms. The van der Waals surface area contributed by atoms with Gasteiger partial charge in [-0.05, 0) is 39.3 Å². The van der Waals surface area contributed by atoms with Crippen molar-refractivity contribution in [2.24, 2.45) is 0 Å². The molecular weight excluding hydrogens is 268 g/mol. The second kappa shape index (κ2) is 5.43. The second-order valence-electron chi connectivity index (χ2n) is 4.41. The molecule has 0 aliphatic carbocycles. The fourth-order valence-corrected chi connectivity index (χ4v) is 2.39. The Labute approximate surface area is 105 Å². The first-order valence-corrected chi connectivity index (χ1v) is 6.38. The molecule has 0 atom stereocenters. The highest BCUT2D eigenvalue weighted by Crippen LogP contribution is 2.12. The average Bonchev–Trinajstić information content (AvgIpc) is 2.17. The van der Waals surface area contributed by atoms with E-state index in [1.165, 1.54) is 0 Å². The molecule has 0 aromatic carbocycles. The summed E-state index contributed by atoms with van der Waals surface area (Å²) in [6, 6.07) is 3.57. The highest BCUT2D eigenvalue weighted by Gasteiger charge is 2.21. The maximum Gasteiger partial charge on any atom is 0.253 e. The molecule has 88 valence electrons. The van der Waals surface area contributed by atoms with E-state index in [1.54, 1.807) is 18.3 Å². The molecule has 0 fully saturated rings. The van der Waals surface area contributed by atoms with E-state index in [1.807, 2.05) is 20.8 Å². The van der Waals surface area contributed by atoms with Gasteiger partial charge in [-0.25, -0.2) is 0 Å². The fraction of sp³-hybridized carbons (Fsp3) is 0.500. The minimum atomic E-state index is -0.205. The van der Waals surface area contributed by atoms with Crippen molar-refractivity contribution < 1.29 is 4.79 Å². The Morgan fingerprint density at radius 3 is 2.81 bits per heavy atom. The minimum absolute atomic E-state index is 0.0587. The average molecular weight is 285 g/mol. The third-order valence-corrected chi connectivity index (χ3v) is 2.82. The normalized spacial score (nSPS) is 11.2. The van der Waals surface area contributed by atoms with Gasteiger partial charge in [-0.3, -0.25) is 9.78 Å². The topological polar surface area (TPSA) is 42.0 Å². The number of halogens is 1. The summed E-state index contributed by atoms with van der Waals surface area (Å²) >= 11 is 3.38. The number of hydrogen-bond acceptors (Lipinski definition) is 2. The van der Waals surface area contributed by atoms with Crippen LogP contribution < -0.4 is 5.32 Å². The molecule has 1 amide bonds. The van der Waals surface area contributed by atoms with Gasteiger partial charge in [-0.1, -0.05) is 15.9 Å². The van der Waals surface area contributed by atoms with Crippen molar-refractivity contribution in [3.05, 3.63) is 29.6 Å². The number of aromatic nitrogens is 1. The Kier molecular flexibility index (Phi) is 4.47. The van der Waals surface area contributed by atoms with Gasteiger partial charge in [0.25, 0.3) is 5.91 Å². The van der Waals surface area contributed by atoms with E-state index in [0.717, 1.165) is 17.4 Å². The van der Waals surface area contributed by atoms with Crippen LogP contribution in [0.15, 0.2) is 18.3 Å². The number of alkyl halides is 1. The van der Waals surface area contributed by atoms with Crippen LogP contribution in [0.5, 0.6) is 0 Å². The monoisotopic (exact) mass is 284 g/mol. The second-order valence-corrected chi connectivity index (χ2v) is 5.21. The van der Waals surface area contributed by atoms with Crippen LogP contribution in [0.4, 0.5) is 0 Å². The first-order chi connectivity index (χ1) is 7.46. The smallest absolute Gasteiger partial charge is 0.253 e. The van der Waals surface area contributed by atoms with Crippen molar-refractivity contribution in [3.63, 3.8) is 0 Å². The van der Waals surface area contributed by atoms with E-state index in [9.17, 15) is 4.79 Å². The minimum Gasteiger partial charge on any atom is -0.347 e. The quantitative estimate of drug-likeness (QED) is 0.864. The van der Waals surface area contributed by atoms with Gasteiger partial charge in [0.05, 0.1) is 5.56 Å². The van der Waals surface area contributed by atoms with Crippen molar-refractivity contribution >= 4 is 21.8 Å². The molecule has 1 N–H and O–H groups in total. The number of hydrogen-bond donors (Lipinski definition) is 1. The Morgan fingerprint density at radius 2 is 2.25 bits per heavy atom. The van der Waals surface area contributed by atoms with Crippen LogP contribution in [0.25, 0.3) is 0 Å². The van der Waals surface area contributed by atoms with Crippen LogP contribution in [-0.2, 0) is 0 Å². The largest absolute Gasteiger partial charge is 0.347 e. The Hall–Kier alpha value is -0.900. The van der Waals surface area contributed by atoms with Gasteiger partial charge in [0.2, 0.25) is 0 Å². The summed E-state index contributed by atoms with van der Waals surface area (Å²) < 4.78 is 0. The van der Waals surface area contributed by atoms with Gasteiger partial charge in [-0.2, -0.15) is 0 Å². The molecule has 0 saturated carbocycles. The molecule has 0 radical (unpaired) electrons. The molecular formula is C12H17BrN2O. The number of rotatable bonds is 4. The van der Waals surface area contributed by atoms with E-state index >= 15 is 0 Å². The molecule has 4 heteroatoms. The van der Waals surface area contributed by atoms with Gasteiger partial charge in [0.1, 0.15) is 0 Å². The molecule has 1 rings (SSSR count). The number of carbonyl (C=O) groups is 1. The summed E-state index contributed by atoms with van der Waals surface area (Å²) in [4.78, 5) is 16.1. The van der Waals surface area contributed by atoms with Gasteiger partial charge < -0.3 is 5.32 Å². The first-order valence-electron chi connectivity index (χ1n) is 5.26. The predicted molar refractivity (Wildman–Crippen MR) is 68.9 cm³/mol. The number of amides is 1. The number of aryl methyl sites for hydroxylation is 1. The molecule has 0 aliphatic rings. The molecule has 0 unspecified atom stereocenters. The van der Waals surface area contributed by atoms with Gasteiger partial charge >= 0.3 is 0 Å². The zero-order chi connectivity index (χ0) is 12.2. The van der Waals surface area contributed by atoms with Crippen LogP contribution >= 0.6 is 15.9 Å². The van der Waals surface area contributed by atoms with Crippen LogP contribution in [0.1, 0.15) is 36.3 Å². The van der Waals surface area contributed by atoms with Crippen molar-refractivity contribution in [2.75, 3.05) is 5.33 Å². The Bertz CT molecular complexity index is 377. The lowest BCUT2D eigenvalue weighted by Crippen LogP contribution is -2.43. The summed E-state index contributed by atoms with van der Waals surface area (Å²) in [6.07, 6.45) is 2.58. The lowest BCUT2D eigenvalue weighted by atomic mass is 10.0. The molecule has 0 aliphatic heterocycles. The highest BCUT2D eigenvalue weighted by atomic mass is 79.9. The van der Waals surface area contributed by atoms with Crippen molar-refractivity contribution in [2.45, 2.75) is 32.7 Å². The van der Waals surface area contributed by atoms with Crippen LogP contribution in [0.3, 0.4) is 0 Å². The van der Waals surface area contributed by atoms with Crippen LogP contribution in [0.2, 0.25) is 0 Å². The SMILES string of the molecule is Cc1ncccc1C(=O)NC(C)(C)CCBr. The van der Waals surface area contributed by atoms with Gasteiger partial charge in [0, 0.05) is 22.8 Å². The lowest BCUT2D eigenvalue weighted by molar-refractivity contribution is 0.0911.